The van der Waals surface area contributed by atoms with Crippen molar-refractivity contribution in [2.24, 2.45) is 29.6 Å². The average Bonchev–Trinajstić information content (AvgIpc) is 2.16. The molecule has 96 valence electrons. The first-order valence-corrected chi connectivity index (χ1v) is 7.50. The quantitative estimate of drug-likeness (QED) is 0.550. The Morgan fingerprint density at radius 3 is 2.06 bits per heavy atom. The van der Waals surface area contributed by atoms with Crippen molar-refractivity contribution < 1.29 is 0 Å². The van der Waals surface area contributed by atoms with E-state index >= 15 is 0 Å². The van der Waals surface area contributed by atoms with Gasteiger partial charge in [0.15, 0.2) is 0 Å². The number of hydrogen-bond donors (Lipinski definition) is 0. The van der Waals surface area contributed by atoms with Crippen molar-refractivity contribution in [2.75, 3.05) is 0 Å². The van der Waals surface area contributed by atoms with Gasteiger partial charge in [-0.25, -0.2) is 0 Å². The largest absolute Gasteiger partial charge is 0.0625 e. The van der Waals surface area contributed by atoms with Crippen LogP contribution >= 0.6 is 0 Å². The van der Waals surface area contributed by atoms with E-state index in [9.17, 15) is 0 Å². The van der Waals surface area contributed by atoms with Gasteiger partial charge in [-0.15, -0.1) is 0 Å². The predicted molar refractivity (Wildman–Crippen MR) is 73.5 cm³/mol. The monoisotopic (exact) mass is 224 g/mol. The number of rotatable bonds is 1. The van der Waals surface area contributed by atoms with Crippen LogP contribution in [0, 0.1) is 29.6 Å². The van der Waals surface area contributed by atoms with Gasteiger partial charge in [-0.1, -0.05) is 60.3 Å². The van der Waals surface area contributed by atoms with Crippen LogP contribution in [-0.2, 0) is 0 Å². The van der Waals surface area contributed by atoms with Crippen LogP contribution in [0.15, 0.2) is 0 Å². The van der Waals surface area contributed by atoms with Crippen molar-refractivity contribution in [3.63, 3.8) is 0 Å². The molecule has 1 rings (SSSR count). The summed E-state index contributed by atoms with van der Waals surface area (Å²) in [5.41, 5.74) is 0. The van der Waals surface area contributed by atoms with E-state index < -0.39 is 0 Å². The van der Waals surface area contributed by atoms with Crippen molar-refractivity contribution in [2.45, 2.75) is 73.1 Å². The molecular weight excluding hydrogens is 192 g/mol. The van der Waals surface area contributed by atoms with E-state index in [1.807, 2.05) is 0 Å². The summed E-state index contributed by atoms with van der Waals surface area (Å²) in [4.78, 5) is 0. The zero-order valence-electron chi connectivity index (χ0n) is 12.1. The van der Waals surface area contributed by atoms with Gasteiger partial charge in [0.2, 0.25) is 0 Å². The van der Waals surface area contributed by atoms with Gasteiger partial charge >= 0.3 is 0 Å². The average molecular weight is 224 g/mol. The predicted octanol–water partition coefficient (Wildman–Crippen LogP) is 5.52. The third-order valence-corrected chi connectivity index (χ3v) is 4.75. The summed E-state index contributed by atoms with van der Waals surface area (Å²) in [5, 5.41) is 0. The molecule has 0 aromatic heterocycles. The van der Waals surface area contributed by atoms with E-state index in [4.69, 9.17) is 0 Å². The molecule has 0 radical (unpaired) electrons. The minimum atomic E-state index is 0.869. The van der Waals surface area contributed by atoms with Gasteiger partial charge in [0, 0.05) is 0 Å². The van der Waals surface area contributed by atoms with Gasteiger partial charge in [0.05, 0.1) is 0 Å². The summed E-state index contributed by atoms with van der Waals surface area (Å²) >= 11 is 0. The molecule has 0 saturated heterocycles. The van der Waals surface area contributed by atoms with E-state index in [2.05, 4.69) is 34.6 Å². The summed E-state index contributed by atoms with van der Waals surface area (Å²) in [6, 6.07) is 0. The molecule has 0 aliphatic heterocycles. The van der Waals surface area contributed by atoms with Crippen molar-refractivity contribution in [3.8, 4) is 0 Å². The van der Waals surface area contributed by atoms with Gasteiger partial charge in [-0.05, 0) is 42.4 Å². The lowest BCUT2D eigenvalue weighted by Crippen LogP contribution is -2.22. The highest BCUT2D eigenvalue weighted by atomic mass is 14.3. The molecule has 0 spiro atoms. The summed E-state index contributed by atoms with van der Waals surface area (Å²) in [7, 11) is 0. The molecule has 0 bridgehead atoms. The highest BCUT2D eigenvalue weighted by molar-refractivity contribution is 4.74. The molecule has 3 unspecified atom stereocenters. The SMILES string of the molecule is CC1CCCC(C)CC(C)[C@@H](C(C)C)CC1. The van der Waals surface area contributed by atoms with Gasteiger partial charge in [0.1, 0.15) is 0 Å². The summed E-state index contributed by atoms with van der Waals surface area (Å²) < 4.78 is 0. The summed E-state index contributed by atoms with van der Waals surface area (Å²) in [6.07, 6.45) is 8.76. The maximum atomic E-state index is 2.49. The molecule has 0 N–H and O–H groups in total. The maximum Gasteiger partial charge on any atom is -0.0365 e. The molecular formula is C16H32. The first kappa shape index (κ1) is 14.1. The Balaban J connectivity index is 2.60. The van der Waals surface area contributed by atoms with Crippen LogP contribution < -0.4 is 0 Å². The van der Waals surface area contributed by atoms with Crippen LogP contribution in [0.5, 0.6) is 0 Å². The first-order valence-electron chi connectivity index (χ1n) is 7.50. The van der Waals surface area contributed by atoms with E-state index in [-0.39, 0.29) is 0 Å². The molecule has 0 heteroatoms. The fraction of sp³-hybridized carbons (Fsp3) is 1.00. The minimum Gasteiger partial charge on any atom is -0.0625 e. The van der Waals surface area contributed by atoms with Crippen LogP contribution in [0.4, 0.5) is 0 Å². The normalized spacial score (nSPS) is 38.6. The zero-order valence-corrected chi connectivity index (χ0v) is 12.1. The fourth-order valence-corrected chi connectivity index (χ4v) is 3.64. The van der Waals surface area contributed by atoms with Crippen molar-refractivity contribution in [1.82, 2.24) is 0 Å². The molecule has 0 heterocycles. The van der Waals surface area contributed by atoms with Crippen LogP contribution in [0.25, 0.3) is 0 Å². The zero-order chi connectivity index (χ0) is 12.1. The smallest absolute Gasteiger partial charge is 0.0365 e. The molecule has 1 saturated carbocycles. The Hall–Kier alpha value is 0. The van der Waals surface area contributed by atoms with Gasteiger partial charge in [-0.2, -0.15) is 0 Å². The maximum absolute atomic E-state index is 2.49. The van der Waals surface area contributed by atoms with Crippen LogP contribution in [-0.4, -0.2) is 0 Å². The van der Waals surface area contributed by atoms with E-state index in [0.717, 1.165) is 29.6 Å². The molecule has 0 amide bonds. The second-order valence-corrected chi connectivity index (χ2v) is 6.84. The molecule has 1 aliphatic rings. The van der Waals surface area contributed by atoms with E-state index in [1.54, 1.807) is 0 Å². The lowest BCUT2D eigenvalue weighted by atomic mass is 9.74. The molecule has 0 aromatic rings. The Bertz CT molecular complexity index is 182. The van der Waals surface area contributed by atoms with E-state index in [0.29, 0.717) is 0 Å². The summed E-state index contributed by atoms with van der Waals surface area (Å²) in [6.45, 7) is 12.2. The topological polar surface area (TPSA) is 0 Å². The Morgan fingerprint density at radius 2 is 1.44 bits per heavy atom. The molecule has 1 fully saturated rings. The lowest BCUT2D eigenvalue weighted by molar-refractivity contribution is 0.190. The van der Waals surface area contributed by atoms with E-state index in [1.165, 1.54) is 38.5 Å². The van der Waals surface area contributed by atoms with Crippen LogP contribution in [0.1, 0.15) is 73.1 Å². The van der Waals surface area contributed by atoms with Gasteiger partial charge in [0.25, 0.3) is 0 Å². The second-order valence-electron chi connectivity index (χ2n) is 6.84. The van der Waals surface area contributed by atoms with Gasteiger partial charge < -0.3 is 0 Å². The highest BCUT2D eigenvalue weighted by Gasteiger charge is 2.24. The van der Waals surface area contributed by atoms with Gasteiger partial charge in [-0.3, -0.25) is 0 Å². The molecule has 0 nitrogen and oxygen atoms in total. The van der Waals surface area contributed by atoms with Crippen molar-refractivity contribution in [3.05, 3.63) is 0 Å². The Kier molecular flexibility index (Phi) is 5.86. The molecule has 16 heavy (non-hydrogen) atoms. The second kappa shape index (κ2) is 6.67. The molecule has 4 atom stereocenters. The van der Waals surface area contributed by atoms with Crippen molar-refractivity contribution in [1.29, 1.82) is 0 Å². The standard InChI is InChI=1S/C16H32/c1-12(2)16-10-9-13(3)7-6-8-14(4)11-15(16)5/h12-16H,6-11H2,1-5H3/t13?,14?,15?,16-/m1/s1. The fourth-order valence-electron chi connectivity index (χ4n) is 3.64. The van der Waals surface area contributed by atoms with Crippen molar-refractivity contribution >= 4 is 0 Å². The first-order chi connectivity index (χ1) is 7.50. The third kappa shape index (κ3) is 4.47. The molecule has 1 aliphatic carbocycles. The molecule has 0 aromatic carbocycles. The van der Waals surface area contributed by atoms with Crippen LogP contribution in [0.2, 0.25) is 0 Å². The Labute approximate surface area is 103 Å². The summed E-state index contributed by atoms with van der Waals surface area (Å²) in [5.74, 6) is 4.66. The number of hydrogen-bond acceptors (Lipinski definition) is 0. The highest BCUT2D eigenvalue weighted by Crippen LogP contribution is 2.34. The minimum absolute atomic E-state index is 0.869. The van der Waals surface area contributed by atoms with Crippen LogP contribution in [0.3, 0.4) is 0 Å². The lowest BCUT2D eigenvalue weighted by Gasteiger charge is -2.32. The Morgan fingerprint density at radius 1 is 0.812 bits per heavy atom. The third-order valence-electron chi connectivity index (χ3n) is 4.75.